The predicted molar refractivity (Wildman–Crippen MR) is 109 cm³/mol. The highest BCUT2D eigenvalue weighted by molar-refractivity contribution is 5.89. The van der Waals surface area contributed by atoms with Crippen LogP contribution in [0.25, 0.3) is 0 Å². The van der Waals surface area contributed by atoms with Gasteiger partial charge in [-0.25, -0.2) is 0 Å². The normalized spacial score (nSPS) is 20.5. The Morgan fingerprint density at radius 3 is 2.71 bits per heavy atom. The molecule has 1 aromatic rings. The van der Waals surface area contributed by atoms with E-state index in [4.69, 9.17) is 4.74 Å². The smallest absolute Gasteiger partial charge is 0.225 e. The van der Waals surface area contributed by atoms with Crippen molar-refractivity contribution in [3.63, 3.8) is 0 Å². The largest absolute Gasteiger partial charge is 0.497 e. The van der Waals surface area contributed by atoms with Gasteiger partial charge in [0.25, 0.3) is 0 Å². The number of likely N-dealkylation sites (tertiary alicyclic amines) is 1. The van der Waals surface area contributed by atoms with Crippen molar-refractivity contribution >= 4 is 11.8 Å². The molecule has 6 heteroatoms. The summed E-state index contributed by atoms with van der Waals surface area (Å²) in [6.07, 6.45) is 2.77. The van der Waals surface area contributed by atoms with E-state index in [1.165, 1.54) is 12.8 Å². The quantitative estimate of drug-likeness (QED) is 0.670. The Hall–Kier alpha value is -2.08. The third-order valence-corrected chi connectivity index (χ3v) is 5.96. The summed E-state index contributed by atoms with van der Waals surface area (Å²) in [7, 11) is 1.66. The molecule has 154 valence electrons. The maximum atomic E-state index is 12.8. The average Bonchev–Trinajstić information content (AvgIpc) is 3.46. The van der Waals surface area contributed by atoms with E-state index in [1.807, 2.05) is 23.1 Å². The maximum Gasteiger partial charge on any atom is 0.225 e. The highest BCUT2D eigenvalue weighted by atomic mass is 16.5. The molecular formula is C22H33N3O3. The number of nitrogens with one attached hydrogen (secondary N) is 1. The third-order valence-electron chi connectivity index (χ3n) is 5.96. The molecule has 1 saturated heterocycles. The van der Waals surface area contributed by atoms with E-state index in [1.54, 1.807) is 7.11 Å². The minimum Gasteiger partial charge on any atom is -0.497 e. The van der Waals surface area contributed by atoms with Crippen LogP contribution in [0.15, 0.2) is 24.3 Å². The molecule has 1 N–H and O–H groups in total. The van der Waals surface area contributed by atoms with Gasteiger partial charge in [-0.1, -0.05) is 26.0 Å². The summed E-state index contributed by atoms with van der Waals surface area (Å²) in [4.78, 5) is 29.2. The molecule has 0 aromatic heterocycles. The molecule has 1 saturated carbocycles. The first-order valence-corrected chi connectivity index (χ1v) is 10.5. The van der Waals surface area contributed by atoms with Crippen molar-refractivity contribution in [1.82, 2.24) is 15.1 Å². The molecule has 2 atom stereocenters. The molecule has 1 aliphatic carbocycles. The molecule has 0 radical (unpaired) electrons. The lowest BCUT2D eigenvalue weighted by Crippen LogP contribution is -2.40. The Morgan fingerprint density at radius 1 is 1.32 bits per heavy atom. The number of carbonyl (C=O) groups excluding carboxylic acids is 2. The lowest BCUT2D eigenvalue weighted by molar-refractivity contribution is -0.129. The van der Waals surface area contributed by atoms with E-state index in [2.05, 4.69) is 30.1 Å². The first kappa shape index (κ1) is 20.6. The van der Waals surface area contributed by atoms with Gasteiger partial charge in [0.15, 0.2) is 0 Å². The number of ether oxygens (including phenoxy) is 1. The van der Waals surface area contributed by atoms with E-state index in [0.29, 0.717) is 25.4 Å². The molecule has 0 bridgehead atoms. The van der Waals surface area contributed by atoms with E-state index in [-0.39, 0.29) is 23.8 Å². The van der Waals surface area contributed by atoms with Crippen LogP contribution >= 0.6 is 0 Å². The van der Waals surface area contributed by atoms with Crippen LogP contribution in [0.4, 0.5) is 0 Å². The summed E-state index contributed by atoms with van der Waals surface area (Å²) in [6, 6.07) is 8.10. The summed E-state index contributed by atoms with van der Waals surface area (Å²) >= 11 is 0. The Morgan fingerprint density at radius 2 is 2.07 bits per heavy atom. The molecule has 0 spiro atoms. The molecule has 3 rings (SSSR count). The molecule has 1 aromatic carbocycles. The van der Waals surface area contributed by atoms with Gasteiger partial charge in [0, 0.05) is 26.1 Å². The van der Waals surface area contributed by atoms with Crippen LogP contribution in [-0.2, 0) is 9.59 Å². The summed E-state index contributed by atoms with van der Waals surface area (Å²) < 4.78 is 5.37. The van der Waals surface area contributed by atoms with Gasteiger partial charge in [-0.2, -0.15) is 0 Å². The van der Waals surface area contributed by atoms with E-state index < -0.39 is 0 Å². The molecule has 28 heavy (non-hydrogen) atoms. The number of benzene rings is 1. The van der Waals surface area contributed by atoms with Crippen LogP contribution in [0.1, 0.15) is 44.7 Å². The first-order valence-electron chi connectivity index (χ1n) is 10.5. The van der Waals surface area contributed by atoms with Crippen molar-refractivity contribution in [2.45, 2.75) is 39.2 Å². The standard InChI is InChI=1S/C22H33N3O3/c1-4-24(5-2)20(17-7-6-8-19(11-17)28-3)13-23-22(27)18-12-21(26)25(15-18)14-16-9-10-16/h6-8,11,16,18,20H,4-5,9-10,12-15H2,1-3H3,(H,23,27). The van der Waals surface area contributed by atoms with Crippen LogP contribution in [0, 0.1) is 11.8 Å². The number of amides is 2. The SMILES string of the molecule is CCN(CC)C(CNC(=O)C1CC(=O)N(CC2CC2)C1)c1cccc(OC)c1. The third kappa shape index (κ3) is 5.04. The molecule has 2 unspecified atom stereocenters. The van der Waals surface area contributed by atoms with E-state index in [0.717, 1.165) is 30.9 Å². The molecule has 2 aliphatic rings. The lowest BCUT2D eigenvalue weighted by atomic mass is 10.0. The summed E-state index contributed by atoms with van der Waals surface area (Å²) in [5.41, 5.74) is 1.13. The fourth-order valence-corrected chi connectivity index (χ4v) is 4.05. The van der Waals surface area contributed by atoms with Gasteiger partial charge in [0.1, 0.15) is 5.75 Å². The molecule has 1 heterocycles. The van der Waals surface area contributed by atoms with Crippen molar-refractivity contribution in [1.29, 1.82) is 0 Å². The number of carbonyl (C=O) groups is 2. The summed E-state index contributed by atoms with van der Waals surface area (Å²) in [6.45, 7) is 7.97. The topological polar surface area (TPSA) is 61.9 Å². The first-order chi connectivity index (χ1) is 13.5. The van der Waals surface area contributed by atoms with Gasteiger partial charge in [0.05, 0.1) is 19.1 Å². The highest BCUT2D eigenvalue weighted by Crippen LogP contribution is 2.32. The second-order valence-electron chi connectivity index (χ2n) is 7.90. The van der Waals surface area contributed by atoms with Gasteiger partial charge in [-0.05, 0) is 49.5 Å². The van der Waals surface area contributed by atoms with Crippen LogP contribution in [0.2, 0.25) is 0 Å². The van der Waals surface area contributed by atoms with Gasteiger partial charge in [-0.3, -0.25) is 14.5 Å². The van der Waals surface area contributed by atoms with E-state index in [9.17, 15) is 9.59 Å². The number of rotatable bonds is 10. The predicted octanol–water partition coefficient (Wildman–Crippen LogP) is 2.45. The van der Waals surface area contributed by atoms with Crippen molar-refractivity contribution < 1.29 is 14.3 Å². The van der Waals surface area contributed by atoms with Crippen molar-refractivity contribution in [3.8, 4) is 5.75 Å². The number of hydrogen-bond donors (Lipinski definition) is 1. The van der Waals surface area contributed by atoms with E-state index >= 15 is 0 Å². The van der Waals surface area contributed by atoms with Gasteiger partial charge in [0.2, 0.25) is 11.8 Å². The van der Waals surface area contributed by atoms with Crippen molar-refractivity contribution in [3.05, 3.63) is 29.8 Å². The number of likely N-dealkylation sites (N-methyl/N-ethyl adjacent to an activating group) is 1. The summed E-state index contributed by atoms with van der Waals surface area (Å²) in [5, 5.41) is 3.12. The van der Waals surface area contributed by atoms with Crippen LogP contribution < -0.4 is 10.1 Å². The summed E-state index contributed by atoms with van der Waals surface area (Å²) in [5.74, 6) is 1.37. The number of nitrogens with zero attached hydrogens (tertiary/aromatic N) is 2. The zero-order valence-corrected chi connectivity index (χ0v) is 17.3. The van der Waals surface area contributed by atoms with Gasteiger partial charge in [-0.15, -0.1) is 0 Å². The average molecular weight is 388 g/mol. The Labute approximate surface area is 168 Å². The zero-order chi connectivity index (χ0) is 20.1. The molecule has 2 fully saturated rings. The van der Waals surface area contributed by atoms with Crippen molar-refractivity contribution in [2.24, 2.45) is 11.8 Å². The molecule has 1 aliphatic heterocycles. The Kier molecular flexibility index (Phi) is 6.94. The second-order valence-corrected chi connectivity index (χ2v) is 7.90. The fourth-order valence-electron chi connectivity index (χ4n) is 4.05. The minimum atomic E-state index is -0.228. The lowest BCUT2D eigenvalue weighted by Gasteiger charge is -2.30. The highest BCUT2D eigenvalue weighted by Gasteiger charge is 2.37. The second kappa shape index (κ2) is 9.41. The Bertz CT molecular complexity index is 685. The monoisotopic (exact) mass is 387 g/mol. The zero-order valence-electron chi connectivity index (χ0n) is 17.3. The number of methoxy groups -OCH3 is 1. The van der Waals surface area contributed by atoms with Crippen LogP contribution in [0.5, 0.6) is 5.75 Å². The van der Waals surface area contributed by atoms with Gasteiger partial charge < -0.3 is 15.0 Å². The fraction of sp³-hybridized carbons (Fsp3) is 0.636. The van der Waals surface area contributed by atoms with Gasteiger partial charge >= 0.3 is 0 Å². The maximum absolute atomic E-state index is 12.8. The molecule has 2 amide bonds. The Balaban J connectivity index is 1.62. The van der Waals surface area contributed by atoms with Crippen molar-refractivity contribution in [2.75, 3.05) is 39.8 Å². The number of hydrogen-bond acceptors (Lipinski definition) is 4. The molecule has 6 nitrogen and oxygen atoms in total. The van der Waals surface area contributed by atoms with Crippen LogP contribution in [-0.4, -0.2) is 61.4 Å². The van der Waals surface area contributed by atoms with Crippen LogP contribution in [0.3, 0.4) is 0 Å². The molecular weight excluding hydrogens is 354 g/mol. The minimum absolute atomic E-state index is 0.00769.